The normalized spacial score (nSPS) is 23.9. The largest absolute Gasteiger partial charge is 0.416 e. The Morgan fingerprint density at radius 1 is 1.47 bits per heavy atom. The summed E-state index contributed by atoms with van der Waals surface area (Å²) in [6, 6.07) is 1.65. The van der Waals surface area contributed by atoms with Crippen molar-refractivity contribution in [2.45, 2.75) is 38.0 Å². The third-order valence-corrected chi connectivity index (χ3v) is 3.10. The van der Waals surface area contributed by atoms with Crippen LogP contribution >= 0.6 is 0 Å². The summed E-state index contributed by atoms with van der Waals surface area (Å²) in [5.74, 6) is 0.130. The van der Waals surface area contributed by atoms with Gasteiger partial charge in [-0.3, -0.25) is 4.79 Å². The molecule has 0 bridgehead atoms. The van der Waals surface area contributed by atoms with Crippen LogP contribution in [0.1, 0.15) is 25.3 Å². The Hall–Kier alpha value is -1.79. The topological polar surface area (TPSA) is 54.0 Å². The van der Waals surface area contributed by atoms with E-state index < -0.39 is 11.7 Å². The van der Waals surface area contributed by atoms with Gasteiger partial charge < -0.3 is 10.6 Å². The Balaban J connectivity index is 2.09. The standard InChI is InChI=1S/C12H14F3N3O/c1-7-9(2-3-11(19)17-7)18-10-6-8(4-5-16-10)12(13,14)15/h4-7,9H,2-3H2,1H3,(H,16,18)(H,17,19). The van der Waals surface area contributed by atoms with Crippen LogP contribution in [0, 0.1) is 0 Å². The molecule has 1 aromatic rings. The first-order chi connectivity index (χ1) is 8.86. The summed E-state index contributed by atoms with van der Waals surface area (Å²) >= 11 is 0. The summed E-state index contributed by atoms with van der Waals surface area (Å²) in [7, 11) is 0. The van der Waals surface area contributed by atoms with Gasteiger partial charge in [0.1, 0.15) is 5.82 Å². The summed E-state index contributed by atoms with van der Waals surface area (Å²) in [5.41, 5.74) is -0.738. The molecular formula is C12H14F3N3O. The summed E-state index contributed by atoms with van der Waals surface area (Å²) in [5, 5.41) is 5.68. The Morgan fingerprint density at radius 2 is 2.21 bits per heavy atom. The molecule has 4 nitrogen and oxygen atoms in total. The zero-order valence-corrected chi connectivity index (χ0v) is 10.3. The fraction of sp³-hybridized carbons (Fsp3) is 0.500. The molecule has 2 atom stereocenters. The Labute approximate surface area is 108 Å². The van der Waals surface area contributed by atoms with E-state index >= 15 is 0 Å². The van der Waals surface area contributed by atoms with Crippen LogP contribution in [0.2, 0.25) is 0 Å². The molecule has 0 aromatic carbocycles. The quantitative estimate of drug-likeness (QED) is 0.868. The minimum absolute atomic E-state index is 0.0393. The highest BCUT2D eigenvalue weighted by Gasteiger charge is 2.31. The van der Waals surface area contributed by atoms with Crippen LogP contribution in [0.25, 0.3) is 0 Å². The Kier molecular flexibility index (Phi) is 3.64. The first-order valence-electron chi connectivity index (χ1n) is 5.95. The van der Waals surface area contributed by atoms with Gasteiger partial charge in [0.05, 0.1) is 5.56 Å². The number of rotatable bonds is 2. The molecule has 1 aliphatic rings. The van der Waals surface area contributed by atoms with Crippen molar-refractivity contribution in [2.75, 3.05) is 5.32 Å². The second-order valence-corrected chi connectivity index (χ2v) is 4.57. The predicted octanol–water partition coefficient (Wildman–Crippen LogP) is 2.18. The van der Waals surface area contributed by atoms with Gasteiger partial charge in [-0.1, -0.05) is 0 Å². The number of anilines is 1. The van der Waals surface area contributed by atoms with E-state index in [0.29, 0.717) is 12.8 Å². The van der Waals surface area contributed by atoms with Gasteiger partial charge in [0.15, 0.2) is 0 Å². The van der Waals surface area contributed by atoms with Crippen molar-refractivity contribution in [3.8, 4) is 0 Å². The number of halogens is 3. The second kappa shape index (κ2) is 5.07. The van der Waals surface area contributed by atoms with Crippen LogP contribution in [-0.4, -0.2) is 23.0 Å². The molecule has 0 aliphatic carbocycles. The van der Waals surface area contributed by atoms with Gasteiger partial charge in [-0.25, -0.2) is 4.98 Å². The first kappa shape index (κ1) is 13.6. The van der Waals surface area contributed by atoms with Gasteiger partial charge in [0, 0.05) is 24.7 Å². The molecule has 2 N–H and O–H groups in total. The molecule has 2 heterocycles. The van der Waals surface area contributed by atoms with Crippen LogP contribution in [-0.2, 0) is 11.0 Å². The molecule has 1 saturated heterocycles. The summed E-state index contributed by atoms with van der Waals surface area (Å²) < 4.78 is 37.7. The Morgan fingerprint density at radius 3 is 2.84 bits per heavy atom. The highest BCUT2D eigenvalue weighted by atomic mass is 19.4. The molecule has 1 fully saturated rings. The molecule has 1 aliphatic heterocycles. The molecule has 2 rings (SSSR count). The number of pyridine rings is 1. The molecule has 0 radical (unpaired) electrons. The average molecular weight is 273 g/mol. The van der Waals surface area contributed by atoms with Crippen molar-refractivity contribution in [1.82, 2.24) is 10.3 Å². The number of carbonyl (C=O) groups is 1. The molecule has 2 unspecified atom stereocenters. The maximum atomic E-state index is 12.6. The van der Waals surface area contributed by atoms with E-state index in [9.17, 15) is 18.0 Å². The second-order valence-electron chi connectivity index (χ2n) is 4.57. The summed E-state index contributed by atoms with van der Waals surface area (Å²) in [4.78, 5) is 15.0. The van der Waals surface area contributed by atoms with Gasteiger partial charge in [-0.2, -0.15) is 13.2 Å². The van der Waals surface area contributed by atoms with E-state index in [1.807, 2.05) is 6.92 Å². The predicted molar refractivity (Wildman–Crippen MR) is 63.5 cm³/mol. The van der Waals surface area contributed by atoms with Crippen LogP contribution in [0.5, 0.6) is 0 Å². The van der Waals surface area contributed by atoms with E-state index in [4.69, 9.17) is 0 Å². The number of nitrogens with one attached hydrogen (secondary N) is 2. The van der Waals surface area contributed by atoms with Crippen molar-refractivity contribution >= 4 is 11.7 Å². The number of amides is 1. The van der Waals surface area contributed by atoms with Crippen molar-refractivity contribution < 1.29 is 18.0 Å². The van der Waals surface area contributed by atoms with E-state index in [0.717, 1.165) is 18.3 Å². The van der Waals surface area contributed by atoms with E-state index in [1.165, 1.54) is 0 Å². The molecule has 0 spiro atoms. The van der Waals surface area contributed by atoms with E-state index in [-0.39, 0.29) is 23.8 Å². The third kappa shape index (κ3) is 3.36. The monoisotopic (exact) mass is 273 g/mol. The van der Waals surface area contributed by atoms with E-state index in [1.54, 1.807) is 0 Å². The number of hydrogen-bond donors (Lipinski definition) is 2. The Bertz CT molecular complexity index is 476. The van der Waals surface area contributed by atoms with Gasteiger partial charge in [0.2, 0.25) is 5.91 Å². The zero-order chi connectivity index (χ0) is 14.0. The van der Waals surface area contributed by atoms with Crippen molar-refractivity contribution in [3.63, 3.8) is 0 Å². The minimum Gasteiger partial charge on any atom is -0.365 e. The highest BCUT2D eigenvalue weighted by Crippen LogP contribution is 2.30. The molecule has 0 saturated carbocycles. The van der Waals surface area contributed by atoms with Crippen molar-refractivity contribution in [1.29, 1.82) is 0 Å². The van der Waals surface area contributed by atoms with Crippen molar-refractivity contribution in [2.24, 2.45) is 0 Å². The van der Waals surface area contributed by atoms with Crippen LogP contribution < -0.4 is 10.6 Å². The number of carbonyl (C=O) groups excluding carboxylic acids is 1. The lowest BCUT2D eigenvalue weighted by Crippen LogP contribution is -2.49. The molecule has 104 valence electrons. The van der Waals surface area contributed by atoms with Crippen molar-refractivity contribution in [3.05, 3.63) is 23.9 Å². The van der Waals surface area contributed by atoms with E-state index in [2.05, 4.69) is 15.6 Å². The van der Waals surface area contributed by atoms with Gasteiger partial charge in [-0.05, 0) is 25.5 Å². The lowest BCUT2D eigenvalue weighted by Gasteiger charge is -2.30. The smallest absolute Gasteiger partial charge is 0.365 e. The maximum absolute atomic E-state index is 12.6. The lowest BCUT2D eigenvalue weighted by atomic mass is 9.99. The molecule has 1 amide bonds. The molecule has 7 heteroatoms. The summed E-state index contributed by atoms with van der Waals surface area (Å²) in [6.07, 6.45) is -2.32. The molecule has 1 aromatic heterocycles. The van der Waals surface area contributed by atoms with Gasteiger partial charge in [-0.15, -0.1) is 0 Å². The van der Waals surface area contributed by atoms with Gasteiger partial charge >= 0.3 is 6.18 Å². The number of alkyl halides is 3. The zero-order valence-electron chi connectivity index (χ0n) is 10.3. The fourth-order valence-corrected chi connectivity index (χ4v) is 2.04. The van der Waals surface area contributed by atoms with Crippen LogP contribution in [0.3, 0.4) is 0 Å². The number of nitrogens with zero attached hydrogens (tertiary/aromatic N) is 1. The average Bonchev–Trinajstić information content (AvgIpc) is 2.32. The summed E-state index contributed by atoms with van der Waals surface area (Å²) in [6.45, 7) is 1.81. The fourth-order valence-electron chi connectivity index (χ4n) is 2.04. The highest BCUT2D eigenvalue weighted by molar-refractivity contribution is 5.77. The molecular weight excluding hydrogens is 259 g/mol. The van der Waals surface area contributed by atoms with Crippen LogP contribution in [0.15, 0.2) is 18.3 Å². The number of aromatic nitrogens is 1. The third-order valence-electron chi connectivity index (χ3n) is 3.10. The first-order valence-corrected chi connectivity index (χ1v) is 5.95. The van der Waals surface area contributed by atoms with Gasteiger partial charge in [0.25, 0.3) is 0 Å². The minimum atomic E-state index is -4.38. The lowest BCUT2D eigenvalue weighted by molar-refractivity contribution is -0.137. The number of hydrogen-bond acceptors (Lipinski definition) is 3. The SMILES string of the molecule is CC1NC(=O)CCC1Nc1cc(C(F)(F)F)ccn1. The maximum Gasteiger partial charge on any atom is 0.416 e. The molecule has 19 heavy (non-hydrogen) atoms. The number of piperidine rings is 1. The van der Waals surface area contributed by atoms with Crippen LogP contribution in [0.4, 0.5) is 19.0 Å².